The summed E-state index contributed by atoms with van der Waals surface area (Å²) < 4.78 is 5.82. The van der Waals surface area contributed by atoms with Crippen LogP contribution in [0.2, 0.25) is 0 Å². The molecule has 1 saturated heterocycles. The van der Waals surface area contributed by atoms with Gasteiger partial charge in [-0.2, -0.15) is 4.99 Å². The highest BCUT2D eigenvalue weighted by molar-refractivity contribution is 6.05. The third-order valence-electron chi connectivity index (χ3n) is 5.73. The molecule has 1 aliphatic heterocycles. The highest BCUT2D eigenvalue weighted by atomic mass is 16.5. The van der Waals surface area contributed by atoms with Gasteiger partial charge in [-0.3, -0.25) is 4.79 Å². The molecule has 0 spiro atoms. The van der Waals surface area contributed by atoms with E-state index in [0.717, 1.165) is 18.5 Å². The summed E-state index contributed by atoms with van der Waals surface area (Å²) in [6, 6.07) is 2.77. The molecule has 1 aromatic rings. The van der Waals surface area contributed by atoms with E-state index < -0.39 is 0 Å². The van der Waals surface area contributed by atoms with Gasteiger partial charge in [0, 0.05) is 38.5 Å². The van der Waals surface area contributed by atoms with Crippen LogP contribution < -0.4 is 16.0 Å². The molecule has 2 heterocycles. The molecule has 7 nitrogen and oxygen atoms in total. The largest absolute Gasteiger partial charge is 0.387 e. The molecule has 7 heteroatoms. The fourth-order valence-electron chi connectivity index (χ4n) is 4.30. The topological polar surface area (TPSA) is 92.8 Å². The van der Waals surface area contributed by atoms with Crippen molar-refractivity contribution in [1.82, 2.24) is 10.3 Å². The molecule has 2 atom stereocenters. The number of hydrogen-bond acceptors (Lipinski definition) is 5. The smallest absolute Gasteiger partial charge is 0.282 e. The number of nitrogens with one attached hydrogen (secondary N) is 1. The van der Waals surface area contributed by atoms with Crippen LogP contribution >= 0.6 is 0 Å². The molecular weight excluding hydrogens is 354 g/mol. The van der Waals surface area contributed by atoms with E-state index in [1.54, 1.807) is 20.2 Å². The number of nitrogens with zero attached hydrogens (tertiary/aromatic N) is 3. The van der Waals surface area contributed by atoms with Crippen LogP contribution in [0.4, 0.5) is 5.82 Å². The Balaban J connectivity index is 1.75. The number of amides is 1. The number of amidine groups is 1. The summed E-state index contributed by atoms with van der Waals surface area (Å²) in [6.07, 6.45) is 9.29. The van der Waals surface area contributed by atoms with Crippen LogP contribution in [0, 0.1) is 6.92 Å². The van der Waals surface area contributed by atoms with Gasteiger partial charge in [-0.05, 0) is 44.7 Å². The molecule has 28 heavy (non-hydrogen) atoms. The maximum atomic E-state index is 12.6. The Kier molecular flexibility index (Phi) is 7.02. The predicted octanol–water partition coefficient (Wildman–Crippen LogP) is 2.42. The highest BCUT2D eigenvalue weighted by Gasteiger charge is 2.33. The van der Waals surface area contributed by atoms with Crippen molar-refractivity contribution in [3.8, 4) is 0 Å². The third kappa shape index (κ3) is 5.08. The van der Waals surface area contributed by atoms with E-state index in [1.807, 2.05) is 13.0 Å². The summed E-state index contributed by atoms with van der Waals surface area (Å²) in [4.78, 5) is 23.2. The number of ether oxygens (including phenoxy) is 1. The number of aryl methyl sites for hydroxylation is 1. The third-order valence-corrected chi connectivity index (χ3v) is 5.73. The van der Waals surface area contributed by atoms with E-state index in [0.29, 0.717) is 30.0 Å². The van der Waals surface area contributed by atoms with Crippen molar-refractivity contribution in [2.75, 3.05) is 25.1 Å². The highest BCUT2D eigenvalue weighted by Crippen LogP contribution is 2.26. The number of rotatable bonds is 5. The first-order chi connectivity index (χ1) is 13.5. The Morgan fingerprint density at radius 3 is 2.75 bits per heavy atom. The summed E-state index contributed by atoms with van der Waals surface area (Å²) in [5.74, 6) is 0.573. The zero-order valence-corrected chi connectivity index (χ0v) is 17.3. The number of nitrogens with two attached hydrogens (primary N) is 1. The van der Waals surface area contributed by atoms with Gasteiger partial charge in [-0.1, -0.05) is 19.3 Å². The summed E-state index contributed by atoms with van der Waals surface area (Å²) in [7, 11) is 1.76. The minimum Gasteiger partial charge on any atom is -0.387 e. The van der Waals surface area contributed by atoms with Crippen molar-refractivity contribution in [1.29, 1.82) is 0 Å². The standard InChI is InChI=1S/C21H33N5O2/c1-14-11-17(21(27)24-15(2)22)20(23-12-14)26-10-9-18(19(13-26)28-3)25-16-7-5-4-6-8-16/h11-12,16,18-19,25H,4-10,13H2,1-3H3,(H2,22,24,27)/t18-,19+/m0/s1. The van der Waals surface area contributed by atoms with E-state index in [-0.39, 0.29) is 17.8 Å². The molecular formula is C21H33N5O2. The van der Waals surface area contributed by atoms with Crippen molar-refractivity contribution in [2.24, 2.45) is 10.7 Å². The molecule has 0 aromatic carbocycles. The Morgan fingerprint density at radius 1 is 1.32 bits per heavy atom. The molecule has 3 N–H and O–H groups in total. The van der Waals surface area contributed by atoms with Crippen molar-refractivity contribution < 1.29 is 9.53 Å². The first-order valence-corrected chi connectivity index (χ1v) is 10.3. The molecule has 3 rings (SSSR count). The average molecular weight is 388 g/mol. The van der Waals surface area contributed by atoms with Gasteiger partial charge in [0.1, 0.15) is 11.7 Å². The van der Waals surface area contributed by atoms with Gasteiger partial charge in [0.15, 0.2) is 0 Å². The van der Waals surface area contributed by atoms with Crippen LogP contribution in [0.1, 0.15) is 61.4 Å². The number of pyridine rings is 1. The molecule has 2 aliphatic rings. The maximum absolute atomic E-state index is 12.6. The van der Waals surface area contributed by atoms with Crippen LogP contribution in [0.15, 0.2) is 17.3 Å². The number of carbonyl (C=O) groups excluding carboxylic acids is 1. The van der Waals surface area contributed by atoms with E-state index in [2.05, 4.69) is 20.2 Å². The van der Waals surface area contributed by atoms with E-state index in [1.165, 1.54) is 32.1 Å². The van der Waals surface area contributed by atoms with Crippen molar-refractivity contribution >= 4 is 17.6 Å². The Hall–Kier alpha value is -1.99. The SMILES string of the molecule is CO[C@@H]1CN(c2ncc(C)cc2C(=O)N=C(C)N)CC[C@@H]1NC1CCCCC1. The molecule has 1 amide bonds. The number of aromatic nitrogens is 1. The quantitative estimate of drug-likeness (QED) is 0.595. The van der Waals surface area contributed by atoms with Crippen molar-refractivity contribution in [3.63, 3.8) is 0 Å². The van der Waals surface area contributed by atoms with Crippen LogP contribution in [-0.2, 0) is 4.74 Å². The zero-order valence-electron chi connectivity index (χ0n) is 17.3. The number of aliphatic imine (C=N–C) groups is 1. The lowest BCUT2D eigenvalue weighted by molar-refractivity contribution is 0.0533. The molecule has 1 aromatic heterocycles. The summed E-state index contributed by atoms with van der Waals surface area (Å²) in [6.45, 7) is 5.06. The number of hydrogen-bond donors (Lipinski definition) is 2. The molecule has 0 bridgehead atoms. The summed E-state index contributed by atoms with van der Waals surface area (Å²) >= 11 is 0. The Bertz CT molecular complexity index is 711. The fourth-order valence-corrected chi connectivity index (χ4v) is 4.30. The lowest BCUT2D eigenvalue weighted by Gasteiger charge is -2.41. The van der Waals surface area contributed by atoms with Crippen molar-refractivity contribution in [2.45, 2.75) is 70.6 Å². The zero-order chi connectivity index (χ0) is 20.1. The lowest BCUT2D eigenvalue weighted by Crippen LogP contribution is -2.56. The minimum atomic E-state index is -0.345. The van der Waals surface area contributed by atoms with Gasteiger partial charge in [0.25, 0.3) is 5.91 Å². The molecule has 1 aliphatic carbocycles. The monoisotopic (exact) mass is 387 g/mol. The van der Waals surface area contributed by atoms with Crippen molar-refractivity contribution in [3.05, 3.63) is 23.4 Å². The van der Waals surface area contributed by atoms with Crippen LogP contribution in [0.5, 0.6) is 0 Å². The minimum absolute atomic E-state index is 0.0569. The number of methoxy groups -OCH3 is 1. The first-order valence-electron chi connectivity index (χ1n) is 10.3. The number of carbonyl (C=O) groups is 1. The van der Waals surface area contributed by atoms with Gasteiger partial charge < -0.3 is 20.7 Å². The molecule has 154 valence electrons. The molecule has 2 fully saturated rings. The second-order valence-electron chi connectivity index (χ2n) is 8.06. The van der Waals surface area contributed by atoms with E-state index in [4.69, 9.17) is 10.5 Å². The second kappa shape index (κ2) is 9.47. The molecule has 0 radical (unpaired) electrons. The van der Waals surface area contributed by atoms with Gasteiger partial charge in [-0.25, -0.2) is 4.98 Å². The van der Waals surface area contributed by atoms with E-state index in [9.17, 15) is 4.79 Å². The van der Waals surface area contributed by atoms with Gasteiger partial charge in [0.05, 0.1) is 11.7 Å². The average Bonchev–Trinajstić information content (AvgIpc) is 2.68. The normalized spacial score (nSPS) is 24.4. The second-order valence-corrected chi connectivity index (χ2v) is 8.06. The van der Waals surface area contributed by atoms with Gasteiger partial charge in [0.2, 0.25) is 0 Å². The Labute approximate surface area is 167 Å². The van der Waals surface area contributed by atoms with Crippen LogP contribution in [-0.4, -0.2) is 55.1 Å². The Morgan fingerprint density at radius 2 is 2.07 bits per heavy atom. The lowest BCUT2D eigenvalue weighted by atomic mass is 9.92. The van der Waals surface area contributed by atoms with Crippen LogP contribution in [0.3, 0.4) is 0 Å². The molecule has 0 unspecified atom stereocenters. The van der Waals surface area contributed by atoms with Crippen LogP contribution in [0.25, 0.3) is 0 Å². The molecule has 1 saturated carbocycles. The fraction of sp³-hybridized carbons (Fsp3) is 0.667. The predicted molar refractivity (Wildman–Crippen MR) is 112 cm³/mol. The number of piperidine rings is 1. The summed E-state index contributed by atoms with van der Waals surface area (Å²) in [5, 5.41) is 3.83. The van der Waals surface area contributed by atoms with Gasteiger partial charge in [-0.15, -0.1) is 0 Å². The maximum Gasteiger partial charge on any atom is 0.282 e. The number of anilines is 1. The van der Waals surface area contributed by atoms with Gasteiger partial charge >= 0.3 is 0 Å². The summed E-state index contributed by atoms with van der Waals surface area (Å²) in [5.41, 5.74) is 7.04. The first kappa shape index (κ1) is 20.7. The van der Waals surface area contributed by atoms with E-state index >= 15 is 0 Å².